The molecule has 0 heterocycles. The molecule has 0 saturated carbocycles. The minimum absolute atomic E-state index is 0.105. The number of carboxylic acids is 1. The zero-order chi connectivity index (χ0) is 32.4. The Labute approximate surface area is 238 Å². The van der Waals surface area contributed by atoms with E-state index in [1.807, 2.05) is 21.3 Å². The fourth-order valence-electron chi connectivity index (χ4n) is 3.01. The first-order chi connectivity index (χ1) is 19.7. The lowest BCUT2D eigenvalue weighted by molar-refractivity contribution is -0.143. The summed E-state index contributed by atoms with van der Waals surface area (Å²) in [6.45, 7) is -4.70. The Morgan fingerprint density at radius 1 is 0.595 bits per heavy atom. The predicted octanol–water partition coefficient (Wildman–Crippen LogP) is -8.95. The van der Waals surface area contributed by atoms with Gasteiger partial charge in [0.05, 0.1) is 33.0 Å². The van der Waals surface area contributed by atoms with Gasteiger partial charge in [0.25, 0.3) is 0 Å². The monoisotopic (exact) mass is 609 g/mol. The lowest BCUT2D eigenvalue weighted by Crippen LogP contribution is -2.61. The van der Waals surface area contributed by atoms with Gasteiger partial charge in [-0.15, -0.1) is 0 Å². The molecule has 0 aliphatic carbocycles. The summed E-state index contributed by atoms with van der Waals surface area (Å²) in [6.07, 6.45) is 0.0713. The lowest BCUT2D eigenvalue weighted by Gasteiger charge is -2.25. The van der Waals surface area contributed by atoms with Crippen LogP contribution in [-0.4, -0.2) is 148 Å². The molecule has 5 amide bonds. The van der Waals surface area contributed by atoms with Gasteiger partial charge in [0.1, 0.15) is 36.3 Å². The van der Waals surface area contributed by atoms with Crippen LogP contribution in [0.2, 0.25) is 0 Å². The number of nitrogens with one attached hydrogen (secondary N) is 7. The largest absolute Gasteiger partial charge is 0.480 e. The van der Waals surface area contributed by atoms with Gasteiger partial charge in [-0.05, 0) is 12.8 Å². The Kier molecular flexibility index (Phi) is 17.9. The number of aliphatic hydroxyl groups is 5. The van der Waals surface area contributed by atoms with Crippen molar-refractivity contribution in [2.45, 2.75) is 49.1 Å². The van der Waals surface area contributed by atoms with Crippen LogP contribution in [0.15, 0.2) is 0 Å². The molecule has 0 fully saturated rings. The van der Waals surface area contributed by atoms with E-state index in [2.05, 4.69) is 10.6 Å². The van der Waals surface area contributed by atoms with E-state index in [0.29, 0.717) is 0 Å². The van der Waals surface area contributed by atoms with Crippen LogP contribution >= 0.6 is 0 Å². The van der Waals surface area contributed by atoms with Crippen LogP contribution < -0.4 is 43.4 Å². The number of amides is 5. The highest BCUT2D eigenvalue weighted by atomic mass is 16.4. The van der Waals surface area contributed by atoms with Gasteiger partial charge in [-0.1, -0.05) is 0 Å². The van der Waals surface area contributed by atoms with Crippen LogP contribution in [-0.2, 0) is 28.8 Å². The van der Waals surface area contributed by atoms with Gasteiger partial charge in [-0.2, -0.15) is 0 Å². The minimum atomic E-state index is -1.78. The molecule has 0 saturated heterocycles. The molecule has 21 nitrogen and oxygen atoms in total. The van der Waals surface area contributed by atoms with E-state index in [1.165, 1.54) is 0 Å². The second kappa shape index (κ2) is 19.8. The highest BCUT2D eigenvalue weighted by Crippen LogP contribution is 2.00. The summed E-state index contributed by atoms with van der Waals surface area (Å²) in [7, 11) is 0. The van der Waals surface area contributed by atoms with Gasteiger partial charge < -0.3 is 74.0 Å². The zero-order valence-electron chi connectivity index (χ0n) is 22.4. The fourth-order valence-corrected chi connectivity index (χ4v) is 3.01. The average molecular weight is 610 g/mol. The van der Waals surface area contributed by atoms with Crippen molar-refractivity contribution in [1.29, 1.82) is 5.41 Å². The van der Waals surface area contributed by atoms with Crippen molar-refractivity contribution < 1.29 is 59.4 Å². The highest BCUT2D eigenvalue weighted by Gasteiger charge is 2.32. The molecule has 0 spiro atoms. The van der Waals surface area contributed by atoms with Crippen LogP contribution in [0.5, 0.6) is 0 Å². The smallest absolute Gasteiger partial charge is 0.326 e. The van der Waals surface area contributed by atoms with Gasteiger partial charge in [-0.3, -0.25) is 29.4 Å². The second-order valence-corrected chi connectivity index (χ2v) is 8.65. The van der Waals surface area contributed by atoms with Crippen LogP contribution in [0.1, 0.15) is 12.8 Å². The molecule has 0 aliphatic rings. The minimum Gasteiger partial charge on any atom is -0.480 e. The summed E-state index contributed by atoms with van der Waals surface area (Å²) in [5.74, 6) is -7.46. The number of hydrogen-bond acceptors (Lipinski definition) is 13. The molecule has 0 aromatic heterocycles. The van der Waals surface area contributed by atoms with Crippen LogP contribution in [0.3, 0.4) is 0 Å². The predicted molar refractivity (Wildman–Crippen MR) is 140 cm³/mol. The number of aliphatic hydroxyl groups excluding tert-OH is 5. The van der Waals surface area contributed by atoms with Gasteiger partial charge in [0, 0.05) is 6.54 Å². The van der Waals surface area contributed by atoms with Crippen molar-refractivity contribution in [2.75, 3.05) is 39.6 Å². The number of nitrogens with two attached hydrogens (primary N) is 2. The number of rotatable bonds is 20. The number of hydrogen-bond donors (Lipinski definition) is 15. The zero-order valence-corrected chi connectivity index (χ0v) is 22.4. The molecule has 0 aliphatic heterocycles. The third-order valence-corrected chi connectivity index (χ3v) is 5.40. The van der Waals surface area contributed by atoms with Gasteiger partial charge in [0.15, 0.2) is 5.96 Å². The van der Waals surface area contributed by atoms with Crippen molar-refractivity contribution in [3.05, 3.63) is 0 Å². The molecular weight excluding hydrogens is 570 g/mol. The quantitative estimate of drug-likeness (QED) is 0.0346. The molecular formula is C21H39N9O12. The molecule has 0 unspecified atom stereocenters. The van der Waals surface area contributed by atoms with E-state index in [9.17, 15) is 54.3 Å². The lowest BCUT2D eigenvalue weighted by atomic mass is 10.1. The first kappa shape index (κ1) is 37.9. The second-order valence-electron chi connectivity index (χ2n) is 8.65. The fraction of sp³-hybridized carbons (Fsp3) is 0.667. The maximum atomic E-state index is 12.6. The van der Waals surface area contributed by atoms with E-state index < -0.39 is 105 Å². The first-order valence-electron chi connectivity index (χ1n) is 12.4. The van der Waals surface area contributed by atoms with E-state index in [-0.39, 0.29) is 25.3 Å². The standard InChI is InChI=1S/C21H39N9O12/c22-9(4-31)15(36)27-11(5-32)17(38)29-13(7-34)19(40)30-14(8-35)18(39)28-12(6-33)16(37)26-10(20(41)42)2-1-3-25-21(23)24/h9-14,31-35H,1-8,22H2,(H,26,37)(H,27,36)(H,28,39)(H,29,38)(H,30,40)(H,41,42)(H4,23,24,25)/t9-,10-,11-,12-,13-,14-/m0/s1. The summed E-state index contributed by atoms with van der Waals surface area (Å²) in [4.78, 5) is 73.2. The molecule has 6 atom stereocenters. The van der Waals surface area contributed by atoms with Crippen molar-refractivity contribution in [3.63, 3.8) is 0 Å². The number of aliphatic carboxylic acids is 1. The van der Waals surface area contributed by atoms with E-state index in [1.54, 1.807) is 0 Å². The Morgan fingerprint density at radius 3 is 1.21 bits per heavy atom. The number of carbonyl (C=O) groups excluding carboxylic acids is 5. The van der Waals surface area contributed by atoms with Crippen LogP contribution in [0.25, 0.3) is 0 Å². The van der Waals surface area contributed by atoms with E-state index >= 15 is 0 Å². The Morgan fingerprint density at radius 2 is 0.929 bits per heavy atom. The van der Waals surface area contributed by atoms with Gasteiger partial charge in [-0.25, -0.2) is 4.79 Å². The highest BCUT2D eigenvalue weighted by molar-refractivity contribution is 5.96. The van der Waals surface area contributed by atoms with Crippen LogP contribution in [0, 0.1) is 5.41 Å². The van der Waals surface area contributed by atoms with Crippen molar-refractivity contribution in [3.8, 4) is 0 Å². The first-order valence-corrected chi connectivity index (χ1v) is 12.4. The molecule has 240 valence electrons. The maximum Gasteiger partial charge on any atom is 0.326 e. The summed E-state index contributed by atoms with van der Waals surface area (Å²) in [6, 6.07) is -9.75. The van der Waals surface area contributed by atoms with Gasteiger partial charge in [0.2, 0.25) is 29.5 Å². The topological polar surface area (TPSA) is 372 Å². The number of carbonyl (C=O) groups is 6. The van der Waals surface area contributed by atoms with Crippen molar-refractivity contribution in [1.82, 2.24) is 31.9 Å². The molecule has 0 bridgehead atoms. The summed E-state index contributed by atoms with van der Waals surface area (Å²) >= 11 is 0. The Hall–Kier alpha value is -4.15. The molecule has 0 radical (unpaired) electrons. The molecule has 17 N–H and O–H groups in total. The van der Waals surface area contributed by atoms with Crippen molar-refractivity contribution in [2.24, 2.45) is 11.5 Å². The maximum absolute atomic E-state index is 12.6. The molecule has 0 aromatic rings. The third-order valence-electron chi connectivity index (χ3n) is 5.40. The summed E-state index contributed by atoms with van der Waals surface area (Å²) in [5, 5.41) is 75.9. The average Bonchev–Trinajstić information content (AvgIpc) is 2.95. The van der Waals surface area contributed by atoms with E-state index in [4.69, 9.17) is 22.0 Å². The number of carboxylic acid groups (broad SMARTS) is 1. The number of guanidine groups is 1. The molecule has 42 heavy (non-hydrogen) atoms. The summed E-state index contributed by atoms with van der Waals surface area (Å²) < 4.78 is 0. The summed E-state index contributed by atoms with van der Waals surface area (Å²) in [5.41, 5.74) is 10.4. The Balaban J connectivity index is 5.24. The molecule has 0 rings (SSSR count). The van der Waals surface area contributed by atoms with Gasteiger partial charge >= 0.3 is 5.97 Å². The SMILES string of the molecule is N=C(N)NCCC[C@H](NC(=O)[C@H](CO)NC(=O)[C@H](CO)NC(=O)[C@H](CO)NC(=O)[C@H](CO)NC(=O)[C@@H](N)CO)C(=O)O. The van der Waals surface area contributed by atoms with Crippen molar-refractivity contribution >= 4 is 41.5 Å². The third kappa shape index (κ3) is 13.5. The molecule has 21 heteroatoms. The van der Waals surface area contributed by atoms with Crippen LogP contribution in [0.4, 0.5) is 0 Å². The van der Waals surface area contributed by atoms with E-state index in [0.717, 1.165) is 0 Å². The molecule has 0 aromatic carbocycles. The Bertz CT molecular complexity index is 954. The normalized spacial score (nSPS) is 15.0.